The molecule has 1 heterocycles. The highest BCUT2D eigenvalue weighted by molar-refractivity contribution is 6.33. The molecule has 1 N–H and O–H groups in total. The van der Waals surface area contributed by atoms with Gasteiger partial charge in [-0.05, 0) is 32.9 Å². The van der Waals surface area contributed by atoms with E-state index < -0.39 is 0 Å². The monoisotopic (exact) mass is 309 g/mol. The summed E-state index contributed by atoms with van der Waals surface area (Å²) >= 11 is 6.24. The van der Waals surface area contributed by atoms with Crippen LogP contribution in [0.3, 0.4) is 0 Å². The van der Waals surface area contributed by atoms with Crippen LogP contribution in [0.5, 0.6) is 0 Å². The summed E-state index contributed by atoms with van der Waals surface area (Å²) in [5, 5.41) is 3.76. The van der Waals surface area contributed by atoms with Gasteiger partial charge in [0.25, 0.3) is 0 Å². The van der Waals surface area contributed by atoms with Gasteiger partial charge < -0.3 is 10.2 Å². The summed E-state index contributed by atoms with van der Waals surface area (Å²) in [6.45, 7) is 9.48. The number of amides is 1. The number of halogens is 1. The first-order chi connectivity index (χ1) is 9.99. The minimum absolute atomic E-state index is 0.0826. The molecular formula is C16H24ClN3O. The number of hydrogen-bond donors (Lipinski definition) is 1. The molecule has 1 amide bonds. The van der Waals surface area contributed by atoms with Gasteiger partial charge in [0.2, 0.25) is 5.91 Å². The first-order valence-electron chi connectivity index (χ1n) is 7.53. The maximum absolute atomic E-state index is 12.1. The van der Waals surface area contributed by atoms with Crippen molar-refractivity contribution in [2.45, 2.75) is 32.9 Å². The SMILES string of the molecule is CC(C)NC(=O)C(C)N1CCN(c2ccccc2Cl)CC1. The zero-order valence-corrected chi connectivity index (χ0v) is 13.7. The molecule has 5 heteroatoms. The minimum Gasteiger partial charge on any atom is -0.368 e. The highest BCUT2D eigenvalue weighted by Gasteiger charge is 2.26. The summed E-state index contributed by atoms with van der Waals surface area (Å²) in [4.78, 5) is 16.6. The number of carbonyl (C=O) groups excluding carboxylic acids is 1. The molecule has 0 aromatic heterocycles. The lowest BCUT2D eigenvalue weighted by atomic mass is 10.2. The van der Waals surface area contributed by atoms with Gasteiger partial charge in [0.15, 0.2) is 0 Å². The Morgan fingerprint density at radius 1 is 1.14 bits per heavy atom. The molecule has 0 spiro atoms. The van der Waals surface area contributed by atoms with Gasteiger partial charge in [-0.25, -0.2) is 0 Å². The van der Waals surface area contributed by atoms with Crippen molar-refractivity contribution in [3.8, 4) is 0 Å². The molecule has 0 bridgehead atoms. The van der Waals surface area contributed by atoms with E-state index in [9.17, 15) is 4.79 Å². The summed E-state index contributed by atoms with van der Waals surface area (Å²) in [5.41, 5.74) is 1.08. The molecule has 1 saturated heterocycles. The Morgan fingerprint density at radius 2 is 1.76 bits per heavy atom. The predicted molar refractivity (Wildman–Crippen MR) is 88.0 cm³/mol. The number of piperazine rings is 1. The highest BCUT2D eigenvalue weighted by atomic mass is 35.5. The van der Waals surface area contributed by atoms with E-state index in [1.807, 2.05) is 45.0 Å². The Hall–Kier alpha value is -1.26. The van der Waals surface area contributed by atoms with Crippen LogP contribution in [0.1, 0.15) is 20.8 Å². The molecule has 1 fully saturated rings. The lowest BCUT2D eigenvalue weighted by Crippen LogP contribution is -2.54. The maximum Gasteiger partial charge on any atom is 0.237 e. The summed E-state index contributed by atoms with van der Waals surface area (Å²) in [7, 11) is 0. The number of para-hydroxylation sites is 1. The fraction of sp³-hybridized carbons (Fsp3) is 0.562. The Bertz CT molecular complexity index is 484. The fourth-order valence-electron chi connectivity index (χ4n) is 2.63. The molecular weight excluding hydrogens is 286 g/mol. The van der Waals surface area contributed by atoms with Crippen LogP contribution in [0.15, 0.2) is 24.3 Å². The Morgan fingerprint density at radius 3 is 2.33 bits per heavy atom. The van der Waals surface area contributed by atoms with Crippen molar-refractivity contribution in [3.63, 3.8) is 0 Å². The Balaban J connectivity index is 1.91. The van der Waals surface area contributed by atoms with Crippen molar-refractivity contribution < 1.29 is 4.79 Å². The molecule has 1 aromatic carbocycles. The lowest BCUT2D eigenvalue weighted by Gasteiger charge is -2.39. The molecule has 1 aromatic rings. The van der Waals surface area contributed by atoms with Crippen molar-refractivity contribution in [1.29, 1.82) is 0 Å². The van der Waals surface area contributed by atoms with E-state index in [-0.39, 0.29) is 18.0 Å². The van der Waals surface area contributed by atoms with Crippen LogP contribution in [0.2, 0.25) is 5.02 Å². The zero-order valence-electron chi connectivity index (χ0n) is 13.0. The maximum atomic E-state index is 12.1. The smallest absolute Gasteiger partial charge is 0.237 e. The van der Waals surface area contributed by atoms with E-state index in [2.05, 4.69) is 15.1 Å². The third-order valence-electron chi connectivity index (χ3n) is 3.87. The number of nitrogens with one attached hydrogen (secondary N) is 1. The molecule has 4 nitrogen and oxygen atoms in total. The number of nitrogens with zero attached hydrogens (tertiary/aromatic N) is 2. The topological polar surface area (TPSA) is 35.6 Å². The van der Waals surface area contributed by atoms with Crippen LogP contribution in [0.25, 0.3) is 0 Å². The van der Waals surface area contributed by atoms with Gasteiger partial charge in [-0.2, -0.15) is 0 Å². The Kier molecular flexibility index (Phi) is 5.48. The molecule has 0 saturated carbocycles. The van der Waals surface area contributed by atoms with Crippen LogP contribution in [-0.2, 0) is 4.79 Å². The quantitative estimate of drug-likeness (QED) is 0.927. The van der Waals surface area contributed by atoms with E-state index >= 15 is 0 Å². The molecule has 2 rings (SSSR count). The third-order valence-corrected chi connectivity index (χ3v) is 4.19. The standard InChI is InChI=1S/C16H24ClN3O/c1-12(2)18-16(21)13(3)19-8-10-20(11-9-19)15-7-5-4-6-14(15)17/h4-7,12-13H,8-11H2,1-3H3,(H,18,21). The van der Waals surface area contributed by atoms with E-state index in [4.69, 9.17) is 11.6 Å². The van der Waals surface area contributed by atoms with Crippen molar-refractivity contribution >= 4 is 23.2 Å². The van der Waals surface area contributed by atoms with Gasteiger partial charge in [-0.3, -0.25) is 9.69 Å². The van der Waals surface area contributed by atoms with Gasteiger partial charge >= 0.3 is 0 Å². The summed E-state index contributed by atoms with van der Waals surface area (Å²) in [5.74, 6) is 0.108. The summed E-state index contributed by atoms with van der Waals surface area (Å²) in [6.07, 6.45) is 0. The second-order valence-corrected chi connectivity index (χ2v) is 6.22. The van der Waals surface area contributed by atoms with E-state index in [1.54, 1.807) is 0 Å². The number of rotatable bonds is 4. The van der Waals surface area contributed by atoms with Crippen molar-refractivity contribution in [2.75, 3.05) is 31.1 Å². The normalized spacial score (nSPS) is 17.9. The number of benzene rings is 1. The van der Waals surface area contributed by atoms with Crippen molar-refractivity contribution in [1.82, 2.24) is 10.2 Å². The molecule has 1 aliphatic heterocycles. The zero-order chi connectivity index (χ0) is 15.4. The first-order valence-corrected chi connectivity index (χ1v) is 7.90. The van der Waals surface area contributed by atoms with Crippen LogP contribution in [0.4, 0.5) is 5.69 Å². The van der Waals surface area contributed by atoms with Gasteiger partial charge in [-0.1, -0.05) is 23.7 Å². The second-order valence-electron chi connectivity index (χ2n) is 5.81. The summed E-state index contributed by atoms with van der Waals surface area (Å²) < 4.78 is 0. The van der Waals surface area contributed by atoms with Crippen LogP contribution < -0.4 is 10.2 Å². The Labute approximate surface area is 132 Å². The van der Waals surface area contributed by atoms with Crippen LogP contribution in [0, 0.1) is 0 Å². The lowest BCUT2D eigenvalue weighted by molar-refractivity contribution is -0.126. The van der Waals surface area contributed by atoms with Gasteiger partial charge in [0.1, 0.15) is 0 Å². The van der Waals surface area contributed by atoms with Crippen LogP contribution >= 0.6 is 11.6 Å². The largest absolute Gasteiger partial charge is 0.368 e. The van der Waals surface area contributed by atoms with Crippen molar-refractivity contribution in [3.05, 3.63) is 29.3 Å². The number of anilines is 1. The molecule has 116 valence electrons. The number of carbonyl (C=O) groups is 1. The molecule has 1 aliphatic rings. The average Bonchev–Trinajstić information content (AvgIpc) is 2.46. The fourth-order valence-corrected chi connectivity index (χ4v) is 2.88. The minimum atomic E-state index is -0.0826. The third kappa shape index (κ3) is 4.11. The summed E-state index contributed by atoms with van der Waals surface area (Å²) in [6, 6.07) is 8.02. The van der Waals surface area contributed by atoms with E-state index in [0.29, 0.717) is 0 Å². The molecule has 1 atom stereocenters. The molecule has 21 heavy (non-hydrogen) atoms. The highest BCUT2D eigenvalue weighted by Crippen LogP contribution is 2.26. The second kappa shape index (κ2) is 7.14. The van der Waals surface area contributed by atoms with Crippen LogP contribution in [-0.4, -0.2) is 49.1 Å². The van der Waals surface area contributed by atoms with Gasteiger partial charge in [-0.15, -0.1) is 0 Å². The molecule has 0 radical (unpaired) electrons. The predicted octanol–water partition coefficient (Wildman–Crippen LogP) is 2.38. The molecule has 0 aliphatic carbocycles. The van der Waals surface area contributed by atoms with E-state index in [1.165, 1.54) is 0 Å². The van der Waals surface area contributed by atoms with E-state index in [0.717, 1.165) is 36.9 Å². The van der Waals surface area contributed by atoms with Gasteiger partial charge in [0, 0.05) is 32.2 Å². The molecule has 1 unspecified atom stereocenters. The average molecular weight is 310 g/mol. The first kappa shape index (κ1) is 16.1. The van der Waals surface area contributed by atoms with Crippen molar-refractivity contribution in [2.24, 2.45) is 0 Å². The number of hydrogen-bond acceptors (Lipinski definition) is 3. The van der Waals surface area contributed by atoms with Gasteiger partial charge in [0.05, 0.1) is 16.8 Å².